The molecule has 2 aliphatic rings. The van der Waals surface area contributed by atoms with Crippen LogP contribution in [0.2, 0.25) is 4.34 Å². The predicted octanol–water partition coefficient (Wildman–Crippen LogP) is 3.33. The van der Waals surface area contributed by atoms with Gasteiger partial charge in [0.2, 0.25) is 10.0 Å². The van der Waals surface area contributed by atoms with Gasteiger partial charge < -0.3 is 5.11 Å². The fraction of sp³-hybridized carbons (Fsp3) is 0.389. The Morgan fingerprint density at radius 3 is 2.62 bits per heavy atom. The summed E-state index contributed by atoms with van der Waals surface area (Å²) in [5.41, 5.74) is 0.995. The van der Waals surface area contributed by atoms with E-state index >= 15 is 0 Å². The van der Waals surface area contributed by atoms with E-state index < -0.39 is 27.4 Å². The lowest BCUT2D eigenvalue weighted by atomic mass is 9.77. The third kappa shape index (κ3) is 2.87. The highest BCUT2D eigenvalue weighted by atomic mass is 35.5. The van der Waals surface area contributed by atoms with E-state index in [0.717, 1.165) is 22.5 Å². The average Bonchev–Trinajstić information content (AvgIpc) is 3.11. The lowest BCUT2D eigenvalue weighted by molar-refractivity contribution is -0.149. The van der Waals surface area contributed by atoms with E-state index in [1.54, 1.807) is 0 Å². The van der Waals surface area contributed by atoms with Gasteiger partial charge in [0.15, 0.2) is 0 Å². The Bertz CT molecular complexity index is 971. The third-order valence-electron chi connectivity index (χ3n) is 5.66. The van der Waals surface area contributed by atoms with Crippen molar-refractivity contribution in [1.82, 2.24) is 4.72 Å². The summed E-state index contributed by atoms with van der Waals surface area (Å²) in [7, 11) is -3.82. The number of aliphatic carboxylic acids is 1. The van der Waals surface area contributed by atoms with Crippen molar-refractivity contribution in [2.75, 3.05) is 0 Å². The van der Waals surface area contributed by atoms with Crippen LogP contribution in [0.5, 0.6) is 0 Å². The van der Waals surface area contributed by atoms with Gasteiger partial charge in [-0.25, -0.2) is 13.1 Å². The maximum Gasteiger partial charge on any atom is 0.311 e. The summed E-state index contributed by atoms with van der Waals surface area (Å²) in [5, 5.41) is 10.1. The van der Waals surface area contributed by atoms with Crippen LogP contribution >= 0.6 is 22.9 Å². The quantitative estimate of drug-likeness (QED) is 0.808. The van der Waals surface area contributed by atoms with E-state index in [9.17, 15) is 18.3 Å². The molecule has 26 heavy (non-hydrogen) atoms. The molecule has 2 bridgehead atoms. The van der Waals surface area contributed by atoms with Gasteiger partial charge in [0, 0.05) is 6.04 Å². The molecule has 2 aromatic rings. The summed E-state index contributed by atoms with van der Waals surface area (Å²) in [4.78, 5) is 12.3. The Kier molecular flexibility index (Phi) is 4.38. The fourth-order valence-corrected chi connectivity index (χ4v) is 7.26. The number of sulfonamides is 1. The summed E-state index contributed by atoms with van der Waals surface area (Å²) in [5.74, 6) is -0.978. The van der Waals surface area contributed by atoms with E-state index in [1.165, 1.54) is 12.1 Å². The Labute approximate surface area is 161 Å². The van der Waals surface area contributed by atoms with Crippen molar-refractivity contribution < 1.29 is 18.3 Å². The van der Waals surface area contributed by atoms with Crippen LogP contribution in [0.15, 0.2) is 40.6 Å². The number of nitrogens with one attached hydrogen (secondary N) is 1. The predicted molar refractivity (Wildman–Crippen MR) is 100 cm³/mol. The van der Waals surface area contributed by atoms with Crippen molar-refractivity contribution >= 4 is 38.9 Å². The SMILES string of the molecule is O=C(O)[C@]12CCC(Cc3ccccc3C1)[C@@H]2NS(=O)(=O)c1ccc(Cl)s1. The Balaban J connectivity index is 1.75. The zero-order chi connectivity index (χ0) is 18.5. The molecule has 0 saturated heterocycles. The number of benzene rings is 1. The molecule has 1 fully saturated rings. The molecule has 2 aliphatic carbocycles. The molecular weight excluding hydrogens is 394 g/mol. The molecule has 1 saturated carbocycles. The maximum absolute atomic E-state index is 12.8. The Morgan fingerprint density at radius 2 is 1.96 bits per heavy atom. The molecule has 3 atom stereocenters. The number of halogens is 1. The second kappa shape index (κ2) is 6.34. The molecule has 8 heteroatoms. The first-order valence-electron chi connectivity index (χ1n) is 8.40. The Hall–Kier alpha value is -1.41. The molecule has 0 aliphatic heterocycles. The van der Waals surface area contributed by atoms with Crippen LogP contribution in [0.25, 0.3) is 0 Å². The molecule has 138 valence electrons. The highest BCUT2D eigenvalue weighted by molar-refractivity contribution is 7.91. The van der Waals surface area contributed by atoms with Crippen molar-refractivity contribution in [2.24, 2.45) is 11.3 Å². The van der Waals surface area contributed by atoms with Crippen molar-refractivity contribution in [2.45, 2.75) is 35.9 Å². The highest BCUT2D eigenvalue weighted by Crippen LogP contribution is 2.49. The first kappa shape index (κ1) is 18.0. The monoisotopic (exact) mass is 411 g/mol. The van der Waals surface area contributed by atoms with Gasteiger partial charge in [-0.15, -0.1) is 11.3 Å². The van der Waals surface area contributed by atoms with Crippen LogP contribution in [0.3, 0.4) is 0 Å². The molecule has 2 N–H and O–H groups in total. The van der Waals surface area contributed by atoms with E-state index in [-0.39, 0.29) is 10.1 Å². The van der Waals surface area contributed by atoms with Gasteiger partial charge in [-0.3, -0.25) is 4.79 Å². The van der Waals surface area contributed by atoms with Crippen LogP contribution in [0.4, 0.5) is 0 Å². The van der Waals surface area contributed by atoms with E-state index in [0.29, 0.717) is 30.0 Å². The lowest BCUT2D eigenvalue weighted by Crippen LogP contribution is -2.51. The summed E-state index contributed by atoms with van der Waals surface area (Å²) >= 11 is 6.85. The van der Waals surface area contributed by atoms with Gasteiger partial charge in [0.25, 0.3) is 0 Å². The van der Waals surface area contributed by atoms with Crippen molar-refractivity contribution in [3.8, 4) is 0 Å². The smallest absolute Gasteiger partial charge is 0.311 e. The maximum atomic E-state index is 12.8. The van der Waals surface area contributed by atoms with E-state index in [4.69, 9.17) is 11.6 Å². The molecule has 1 heterocycles. The fourth-order valence-electron chi connectivity index (χ4n) is 4.38. The number of hydrogen-bond acceptors (Lipinski definition) is 4. The molecule has 1 aromatic heterocycles. The number of thiophene rings is 1. The second-order valence-corrected chi connectivity index (χ2v) is 10.7. The minimum absolute atomic E-state index is 0.0417. The number of carboxylic acids is 1. The average molecular weight is 412 g/mol. The number of rotatable bonds is 4. The van der Waals surface area contributed by atoms with Crippen molar-refractivity contribution in [3.63, 3.8) is 0 Å². The summed E-state index contributed by atoms with van der Waals surface area (Å²) in [6.45, 7) is 0. The van der Waals surface area contributed by atoms with Crippen molar-refractivity contribution in [3.05, 3.63) is 51.9 Å². The van der Waals surface area contributed by atoms with Crippen LogP contribution < -0.4 is 4.72 Å². The van der Waals surface area contributed by atoms with Crippen LogP contribution in [-0.2, 0) is 27.7 Å². The highest BCUT2D eigenvalue weighted by Gasteiger charge is 2.56. The first-order chi connectivity index (χ1) is 12.3. The van der Waals surface area contributed by atoms with Gasteiger partial charge in [-0.2, -0.15) is 0 Å². The van der Waals surface area contributed by atoms with Crippen LogP contribution in [0, 0.1) is 11.3 Å². The second-order valence-electron chi connectivity index (χ2n) is 7.07. The summed E-state index contributed by atoms with van der Waals surface area (Å²) < 4.78 is 28.9. The van der Waals surface area contributed by atoms with Gasteiger partial charge in [0.1, 0.15) is 4.21 Å². The molecule has 4 rings (SSSR count). The minimum atomic E-state index is -3.82. The Morgan fingerprint density at radius 1 is 1.23 bits per heavy atom. The molecule has 0 spiro atoms. The first-order valence-corrected chi connectivity index (χ1v) is 11.1. The molecule has 0 amide bonds. The standard InChI is InChI=1S/C18H18ClNO4S2/c19-14-5-6-15(25-14)26(23,24)20-16-12-7-8-18(16,17(21)22)10-13-4-2-1-3-11(13)9-12/h1-6,12,16,20H,7-10H2,(H,21,22)/t12?,16-,18+/m0/s1. The normalized spacial score (nSPS) is 27.7. The third-order valence-corrected chi connectivity index (χ3v) is 8.82. The number of carboxylic acid groups (broad SMARTS) is 1. The van der Waals surface area contributed by atoms with Crippen LogP contribution in [0.1, 0.15) is 24.0 Å². The molecular formula is C18H18ClNO4S2. The van der Waals surface area contributed by atoms with Gasteiger partial charge >= 0.3 is 5.97 Å². The topological polar surface area (TPSA) is 83.5 Å². The van der Waals surface area contributed by atoms with E-state index in [1.807, 2.05) is 24.3 Å². The molecule has 0 radical (unpaired) electrons. The van der Waals surface area contributed by atoms with Crippen molar-refractivity contribution in [1.29, 1.82) is 0 Å². The van der Waals surface area contributed by atoms with Crippen LogP contribution in [-0.4, -0.2) is 25.5 Å². The minimum Gasteiger partial charge on any atom is -0.481 e. The summed E-state index contributed by atoms with van der Waals surface area (Å²) in [6.07, 6.45) is 2.19. The van der Waals surface area contributed by atoms with Gasteiger partial charge in [-0.1, -0.05) is 35.9 Å². The largest absolute Gasteiger partial charge is 0.481 e. The van der Waals surface area contributed by atoms with Gasteiger partial charge in [0.05, 0.1) is 9.75 Å². The lowest BCUT2D eigenvalue weighted by Gasteiger charge is -2.32. The molecule has 5 nitrogen and oxygen atoms in total. The summed E-state index contributed by atoms with van der Waals surface area (Å²) in [6, 6.07) is 10.2. The molecule has 1 unspecified atom stereocenters. The van der Waals surface area contributed by atoms with Gasteiger partial charge in [-0.05, 0) is 54.9 Å². The number of carbonyl (C=O) groups is 1. The molecule has 1 aromatic carbocycles. The zero-order valence-corrected chi connectivity index (χ0v) is 16.2. The zero-order valence-electron chi connectivity index (χ0n) is 13.8. The van der Waals surface area contributed by atoms with E-state index in [2.05, 4.69) is 4.72 Å². The number of hydrogen-bond donors (Lipinski definition) is 2. The number of fused-ring (bicyclic) bond motifs is 3.